The molecule has 0 nitrogen and oxygen atoms in total. The minimum absolute atomic E-state index is 0.325. The van der Waals surface area contributed by atoms with Crippen LogP contribution in [0.2, 0.25) is 0 Å². The summed E-state index contributed by atoms with van der Waals surface area (Å²) in [6.45, 7) is 0. The lowest BCUT2D eigenvalue weighted by Gasteiger charge is -2.21. The molecule has 4 rings (SSSR count). The van der Waals surface area contributed by atoms with Crippen molar-refractivity contribution in [1.29, 1.82) is 0 Å². The third-order valence-corrected chi connectivity index (χ3v) is 5.40. The lowest BCUT2D eigenvalue weighted by molar-refractivity contribution is 0.643. The maximum absolute atomic E-state index is 2.35. The predicted molar refractivity (Wildman–Crippen MR) is 131 cm³/mol. The van der Waals surface area contributed by atoms with Crippen molar-refractivity contribution >= 4 is 0 Å². The summed E-state index contributed by atoms with van der Waals surface area (Å²) < 4.78 is 0. The Morgan fingerprint density at radius 3 is 0.967 bits per heavy atom. The second-order valence-corrected chi connectivity index (χ2v) is 7.34. The van der Waals surface area contributed by atoms with Crippen molar-refractivity contribution in [1.82, 2.24) is 0 Å². The third-order valence-electron chi connectivity index (χ3n) is 5.40. The fourth-order valence-corrected chi connectivity index (χ4v) is 3.95. The monoisotopic (exact) mass is 386 g/mol. The summed E-state index contributed by atoms with van der Waals surface area (Å²) in [7, 11) is 0. The van der Waals surface area contributed by atoms with Gasteiger partial charge >= 0.3 is 0 Å². The molecule has 30 heavy (non-hydrogen) atoms. The summed E-state index contributed by atoms with van der Waals surface area (Å²) in [4.78, 5) is 0. The molecule has 0 heterocycles. The molecule has 0 saturated heterocycles. The highest BCUT2D eigenvalue weighted by Gasteiger charge is 2.29. The molecule has 0 heteroatoms. The molecule has 0 aromatic carbocycles. The molecule has 0 aliphatic heterocycles. The van der Waals surface area contributed by atoms with E-state index in [-0.39, 0.29) is 0 Å². The van der Waals surface area contributed by atoms with Crippen molar-refractivity contribution in [3.8, 4) is 0 Å². The first-order valence-electron chi connectivity index (χ1n) is 10.5. The van der Waals surface area contributed by atoms with Gasteiger partial charge in [-0.1, -0.05) is 146 Å². The first-order chi connectivity index (χ1) is 14.9. The van der Waals surface area contributed by atoms with Crippen LogP contribution in [-0.4, -0.2) is 0 Å². The van der Waals surface area contributed by atoms with Gasteiger partial charge in [-0.05, 0) is 22.3 Å². The highest BCUT2D eigenvalue weighted by atomic mass is 14.3. The average Bonchev–Trinajstić information content (AvgIpc) is 3.31. The van der Waals surface area contributed by atoms with Crippen LogP contribution >= 0.6 is 0 Å². The molecule has 0 spiro atoms. The third kappa shape index (κ3) is 4.85. The van der Waals surface area contributed by atoms with Crippen LogP contribution < -0.4 is 0 Å². The van der Waals surface area contributed by atoms with E-state index in [2.05, 4.69) is 122 Å². The first kappa shape index (κ1) is 19.7. The van der Waals surface area contributed by atoms with Gasteiger partial charge in [-0.25, -0.2) is 0 Å². The summed E-state index contributed by atoms with van der Waals surface area (Å²) in [5.74, 6) is 0.650. The van der Waals surface area contributed by atoms with E-state index in [1.54, 1.807) is 0 Å². The van der Waals surface area contributed by atoms with Crippen LogP contribution in [0.4, 0.5) is 0 Å². The molecule has 4 aliphatic rings. The molecular weight excluding hydrogens is 360 g/mol. The Morgan fingerprint density at radius 1 is 0.300 bits per heavy atom. The molecule has 0 aromatic rings. The van der Waals surface area contributed by atoms with E-state index >= 15 is 0 Å². The fourth-order valence-electron chi connectivity index (χ4n) is 3.95. The predicted octanol–water partition coefficient (Wildman–Crippen LogP) is 7.54. The van der Waals surface area contributed by atoms with Crippen molar-refractivity contribution in [2.75, 3.05) is 0 Å². The summed E-state index contributed by atoms with van der Waals surface area (Å²) in [5.41, 5.74) is 5.28. The molecule has 0 amide bonds. The van der Waals surface area contributed by atoms with Crippen molar-refractivity contribution in [3.05, 3.63) is 168 Å². The maximum atomic E-state index is 2.35. The van der Waals surface area contributed by atoms with Gasteiger partial charge in [0.2, 0.25) is 0 Å². The number of rotatable bonds is 1. The standard InChI is InChI=1S/C30H26/c1-3-7-11-15-19-27-25(17-13-9-5-1)21-23-29(27)30-24-22-26-18-14-10-6-2-4-8-12-16-20-28(26)30/h1-24,29-30H/b3-1-,4-2-,5-1?,6-2?,7-3?,8-4?,9-5-,10-6-,11-7-,12-8-,13-9?,14-10?,15-11?,16-12?,17-13-,18-14-,19-15-,20-16-,25-17?,26-18?,27-19?,28-20?. The van der Waals surface area contributed by atoms with Crippen molar-refractivity contribution in [2.24, 2.45) is 11.8 Å². The summed E-state index contributed by atoms with van der Waals surface area (Å²) in [6, 6.07) is 0. The first-order valence-corrected chi connectivity index (χ1v) is 10.5. The van der Waals surface area contributed by atoms with Crippen molar-refractivity contribution < 1.29 is 0 Å². The largest absolute Gasteiger partial charge is 0.0755 e. The molecule has 0 N–H and O–H groups in total. The van der Waals surface area contributed by atoms with Gasteiger partial charge in [-0.15, -0.1) is 0 Å². The molecule has 146 valence electrons. The fraction of sp³-hybridized carbons (Fsp3) is 0.0667. The Kier molecular flexibility index (Phi) is 6.70. The van der Waals surface area contributed by atoms with Crippen molar-refractivity contribution in [3.63, 3.8) is 0 Å². The zero-order valence-electron chi connectivity index (χ0n) is 17.0. The van der Waals surface area contributed by atoms with Gasteiger partial charge in [0.25, 0.3) is 0 Å². The Morgan fingerprint density at radius 2 is 0.600 bits per heavy atom. The molecule has 2 atom stereocenters. The van der Waals surface area contributed by atoms with Gasteiger partial charge in [-0.3, -0.25) is 0 Å². The topological polar surface area (TPSA) is 0 Å². The van der Waals surface area contributed by atoms with Gasteiger partial charge < -0.3 is 0 Å². The minimum atomic E-state index is 0.325. The van der Waals surface area contributed by atoms with E-state index in [9.17, 15) is 0 Å². The van der Waals surface area contributed by atoms with Gasteiger partial charge in [-0.2, -0.15) is 0 Å². The van der Waals surface area contributed by atoms with Crippen LogP contribution in [0.15, 0.2) is 168 Å². The van der Waals surface area contributed by atoms with E-state index in [4.69, 9.17) is 0 Å². The SMILES string of the molecule is C1=CC(C2C=CC3=C2\C=C/C=C\C=C/C=C\C=C/3)C2=C1\C=C/C=C\C=C/C=C\C=C/2. The molecule has 4 aliphatic carbocycles. The summed E-state index contributed by atoms with van der Waals surface area (Å²) >= 11 is 0. The van der Waals surface area contributed by atoms with Gasteiger partial charge in [0.05, 0.1) is 0 Å². The zero-order valence-corrected chi connectivity index (χ0v) is 17.0. The summed E-state index contributed by atoms with van der Waals surface area (Å²) in [6.07, 6.45) is 51.4. The Hall–Kier alpha value is -3.64. The van der Waals surface area contributed by atoms with E-state index in [1.807, 2.05) is 24.3 Å². The minimum Gasteiger partial charge on any atom is -0.0755 e. The molecule has 0 bridgehead atoms. The van der Waals surface area contributed by atoms with Crippen LogP contribution in [0.5, 0.6) is 0 Å². The Labute approximate surface area is 180 Å². The zero-order chi connectivity index (χ0) is 20.4. The Balaban J connectivity index is 1.69. The molecule has 0 radical (unpaired) electrons. The van der Waals surface area contributed by atoms with E-state index in [0.717, 1.165) is 0 Å². The van der Waals surface area contributed by atoms with E-state index in [0.29, 0.717) is 11.8 Å². The van der Waals surface area contributed by atoms with Gasteiger partial charge in [0.15, 0.2) is 0 Å². The number of hydrogen-bond acceptors (Lipinski definition) is 0. The van der Waals surface area contributed by atoms with Crippen LogP contribution in [0.25, 0.3) is 0 Å². The van der Waals surface area contributed by atoms with Crippen LogP contribution in [0.1, 0.15) is 0 Å². The van der Waals surface area contributed by atoms with E-state index in [1.165, 1.54) is 22.3 Å². The highest BCUT2D eigenvalue weighted by molar-refractivity contribution is 5.57. The van der Waals surface area contributed by atoms with Crippen molar-refractivity contribution in [2.45, 2.75) is 0 Å². The average molecular weight is 387 g/mol. The van der Waals surface area contributed by atoms with Crippen LogP contribution in [0.3, 0.4) is 0 Å². The Bertz CT molecular complexity index is 985. The smallest absolute Gasteiger partial charge is 0.0131 e. The molecule has 2 unspecified atom stereocenters. The second-order valence-electron chi connectivity index (χ2n) is 7.34. The number of hydrogen-bond donors (Lipinski definition) is 0. The van der Waals surface area contributed by atoms with Gasteiger partial charge in [0.1, 0.15) is 0 Å². The molecular formula is C30H26. The maximum Gasteiger partial charge on any atom is 0.0131 e. The van der Waals surface area contributed by atoms with Crippen LogP contribution in [-0.2, 0) is 0 Å². The molecule has 0 saturated carbocycles. The summed E-state index contributed by atoms with van der Waals surface area (Å²) in [5, 5.41) is 0. The van der Waals surface area contributed by atoms with Crippen LogP contribution in [0, 0.1) is 11.8 Å². The molecule has 0 fully saturated rings. The quantitative estimate of drug-likeness (QED) is 0.436. The lowest BCUT2D eigenvalue weighted by Crippen LogP contribution is -2.11. The van der Waals surface area contributed by atoms with Gasteiger partial charge in [0, 0.05) is 11.8 Å². The highest BCUT2D eigenvalue weighted by Crippen LogP contribution is 2.41. The van der Waals surface area contributed by atoms with E-state index < -0.39 is 0 Å². The lowest BCUT2D eigenvalue weighted by atomic mass is 9.82. The second kappa shape index (κ2) is 10.2. The number of allylic oxidation sites excluding steroid dienone is 28. The normalized spacial score (nSPS) is 35.5. The molecule has 0 aromatic heterocycles.